The SMILES string of the molecule is CC(=O)Oc1ccc(O)c2c1C(=O)c1c(OC(C)=O)ccc(OC(C)=O)c1C2=O. The van der Waals surface area contributed by atoms with Gasteiger partial charge in [-0.25, -0.2) is 0 Å². The van der Waals surface area contributed by atoms with Crippen molar-refractivity contribution in [1.29, 1.82) is 0 Å². The number of ether oxygens (including phenoxy) is 3. The van der Waals surface area contributed by atoms with Gasteiger partial charge in [0.2, 0.25) is 11.6 Å². The molecule has 0 amide bonds. The fraction of sp³-hybridized carbons (Fsp3) is 0.150. The van der Waals surface area contributed by atoms with Crippen LogP contribution in [-0.4, -0.2) is 34.6 Å². The number of aromatic hydroxyl groups is 1. The summed E-state index contributed by atoms with van der Waals surface area (Å²) in [7, 11) is 0. The van der Waals surface area contributed by atoms with Crippen molar-refractivity contribution in [3.05, 3.63) is 46.5 Å². The smallest absolute Gasteiger partial charge is 0.308 e. The summed E-state index contributed by atoms with van der Waals surface area (Å²) < 4.78 is 15.1. The predicted molar refractivity (Wildman–Crippen MR) is 95.3 cm³/mol. The number of hydrogen-bond donors (Lipinski definition) is 1. The summed E-state index contributed by atoms with van der Waals surface area (Å²) in [5.41, 5.74) is -1.50. The molecule has 2 aromatic carbocycles. The molecule has 0 spiro atoms. The Balaban J connectivity index is 2.36. The molecule has 9 nitrogen and oxygen atoms in total. The van der Waals surface area contributed by atoms with E-state index in [9.17, 15) is 29.1 Å². The number of phenols is 1. The first-order valence-corrected chi connectivity index (χ1v) is 8.29. The topological polar surface area (TPSA) is 133 Å². The van der Waals surface area contributed by atoms with E-state index < -0.39 is 40.8 Å². The van der Waals surface area contributed by atoms with Crippen LogP contribution in [0.2, 0.25) is 0 Å². The predicted octanol–water partition coefficient (Wildman–Crippen LogP) is 1.94. The van der Waals surface area contributed by atoms with Crippen LogP contribution >= 0.6 is 0 Å². The van der Waals surface area contributed by atoms with Crippen LogP contribution < -0.4 is 14.2 Å². The summed E-state index contributed by atoms with van der Waals surface area (Å²) >= 11 is 0. The van der Waals surface area contributed by atoms with E-state index in [0.717, 1.165) is 32.9 Å². The summed E-state index contributed by atoms with van der Waals surface area (Å²) in [6, 6.07) is 4.65. The molecule has 0 atom stereocenters. The van der Waals surface area contributed by atoms with Crippen molar-refractivity contribution in [3.8, 4) is 23.0 Å². The summed E-state index contributed by atoms with van der Waals surface area (Å²) in [6.45, 7) is 3.31. The van der Waals surface area contributed by atoms with Crippen LogP contribution in [-0.2, 0) is 14.4 Å². The van der Waals surface area contributed by atoms with E-state index >= 15 is 0 Å². The standard InChI is InChI=1S/C20H14O9/c1-8(21)27-12-5-4-11(24)15-16(12)20(26)18-14(29-10(3)23)7-6-13(28-9(2)22)17(18)19(15)25/h4-7,24H,1-3H3. The van der Waals surface area contributed by atoms with Gasteiger partial charge in [0, 0.05) is 20.8 Å². The van der Waals surface area contributed by atoms with Crippen molar-refractivity contribution in [2.24, 2.45) is 0 Å². The van der Waals surface area contributed by atoms with E-state index in [1.165, 1.54) is 12.1 Å². The van der Waals surface area contributed by atoms with Crippen LogP contribution in [0.1, 0.15) is 52.6 Å². The molecular formula is C20H14O9. The van der Waals surface area contributed by atoms with Crippen molar-refractivity contribution < 1.29 is 43.3 Å². The van der Waals surface area contributed by atoms with Gasteiger partial charge in [-0.15, -0.1) is 0 Å². The Labute approximate surface area is 163 Å². The Morgan fingerprint density at radius 2 is 0.931 bits per heavy atom. The van der Waals surface area contributed by atoms with Gasteiger partial charge < -0.3 is 19.3 Å². The zero-order valence-electron chi connectivity index (χ0n) is 15.5. The second-order valence-corrected chi connectivity index (χ2v) is 6.08. The highest BCUT2D eigenvalue weighted by Gasteiger charge is 2.40. The number of phenolic OH excluding ortho intramolecular Hbond substituents is 1. The Bertz CT molecular complexity index is 1110. The van der Waals surface area contributed by atoms with Crippen molar-refractivity contribution in [2.75, 3.05) is 0 Å². The van der Waals surface area contributed by atoms with Gasteiger partial charge in [-0.2, -0.15) is 0 Å². The summed E-state index contributed by atoms with van der Waals surface area (Å²) in [6.07, 6.45) is 0. The van der Waals surface area contributed by atoms with Crippen molar-refractivity contribution >= 4 is 29.5 Å². The number of fused-ring (bicyclic) bond motifs is 2. The minimum absolute atomic E-state index is 0.246. The molecular weight excluding hydrogens is 384 g/mol. The van der Waals surface area contributed by atoms with E-state index in [4.69, 9.17) is 14.2 Å². The Morgan fingerprint density at radius 3 is 1.31 bits per heavy atom. The molecule has 0 heterocycles. The molecule has 0 aliphatic heterocycles. The maximum absolute atomic E-state index is 13.3. The third kappa shape index (κ3) is 3.45. The lowest BCUT2D eigenvalue weighted by molar-refractivity contribution is -0.133. The van der Waals surface area contributed by atoms with Gasteiger partial charge in [-0.05, 0) is 24.3 Å². The largest absolute Gasteiger partial charge is 0.507 e. The molecule has 0 radical (unpaired) electrons. The van der Waals surface area contributed by atoms with Crippen molar-refractivity contribution in [1.82, 2.24) is 0 Å². The van der Waals surface area contributed by atoms with Gasteiger partial charge in [0.1, 0.15) is 23.0 Å². The highest BCUT2D eigenvalue weighted by molar-refractivity contribution is 6.32. The van der Waals surface area contributed by atoms with E-state index in [-0.39, 0.29) is 33.9 Å². The lowest BCUT2D eigenvalue weighted by Crippen LogP contribution is -2.25. The quantitative estimate of drug-likeness (QED) is 0.519. The minimum Gasteiger partial charge on any atom is -0.507 e. The lowest BCUT2D eigenvalue weighted by atomic mass is 9.82. The fourth-order valence-electron chi connectivity index (χ4n) is 3.01. The fourth-order valence-corrected chi connectivity index (χ4v) is 3.01. The molecule has 9 heteroatoms. The van der Waals surface area contributed by atoms with E-state index in [1.54, 1.807) is 0 Å². The molecule has 0 unspecified atom stereocenters. The minimum atomic E-state index is -0.869. The van der Waals surface area contributed by atoms with Crippen LogP contribution in [0.4, 0.5) is 0 Å². The average molecular weight is 398 g/mol. The second kappa shape index (κ2) is 7.19. The van der Waals surface area contributed by atoms with Crippen molar-refractivity contribution in [3.63, 3.8) is 0 Å². The maximum Gasteiger partial charge on any atom is 0.308 e. The van der Waals surface area contributed by atoms with Crippen LogP contribution in [0.5, 0.6) is 23.0 Å². The monoisotopic (exact) mass is 398 g/mol. The van der Waals surface area contributed by atoms with Gasteiger partial charge in [-0.1, -0.05) is 0 Å². The number of esters is 3. The third-order valence-corrected chi connectivity index (χ3v) is 3.94. The molecule has 2 aromatic rings. The first kappa shape index (κ1) is 19.7. The molecule has 29 heavy (non-hydrogen) atoms. The molecule has 0 fully saturated rings. The Morgan fingerprint density at radius 1 is 0.621 bits per heavy atom. The first-order valence-electron chi connectivity index (χ1n) is 8.29. The molecule has 0 saturated heterocycles. The van der Waals surface area contributed by atoms with Crippen LogP contribution in [0.3, 0.4) is 0 Å². The van der Waals surface area contributed by atoms with Gasteiger partial charge >= 0.3 is 17.9 Å². The normalized spacial score (nSPS) is 12.0. The number of benzene rings is 2. The highest BCUT2D eigenvalue weighted by atomic mass is 16.5. The number of carbonyl (C=O) groups is 5. The molecule has 1 aliphatic carbocycles. The zero-order chi connectivity index (χ0) is 21.5. The molecule has 3 rings (SSSR count). The van der Waals surface area contributed by atoms with Gasteiger partial charge in [0.05, 0.1) is 22.3 Å². The Hall–Kier alpha value is -4.01. The summed E-state index contributed by atoms with van der Waals surface area (Å²) in [5.74, 6) is -5.26. The molecule has 1 N–H and O–H groups in total. The van der Waals surface area contributed by atoms with Gasteiger partial charge in [-0.3, -0.25) is 24.0 Å². The lowest BCUT2D eigenvalue weighted by Gasteiger charge is -2.23. The van der Waals surface area contributed by atoms with Crippen molar-refractivity contribution in [2.45, 2.75) is 20.8 Å². The van der Waals surface area contributed by atoms with Crippen LogP contribution in [0, 0.1) is 0 Å². The van der Waals surface area contributed by atoms with E-state index in [0.29, 0.717) is 0 Å². The molecule has 148 valence electrons. The zero-order valence-corrected chi connectivity index (χ0v) is 15.5. The maximum atomic E-state index is 13.3. The number of hydrogen-bond acceptors (Lipinski definition) is 9. The summed E-state index contributed by atoms with van der Waals surface area (Å²) in [4.78, 5) is 60.7. The molecule has 1 aliphatic rings. The second-order valence-electron chi connectivity index (χ2n) is 6.08. The van der Waals surface area contributed by atoms with Gasteiger partial charge in [0.15, 0.2) is 0 Å². The molecule has 0 bridgehead atoms. The number of ketones is 2. The molecule has 0 saturated carbocycles. The first-order chi connectivity index (χ1) is 13.6. The van der Waals surface area contributed by atoms with Gasteiger partial charge in [0.25, 0.3) is 0 Å². The van der Waals surface area contributed by atoms with Crippen LogP contribution in [0.15, 0.2) is 24.3 Å². The highest BCUT2D eigenvalue weighted by Crippen LogP contribution is 2.44. The molecule has 0 aromatic heterocycles. The summed E-state index contributed by atoms with van der Waals surface area (Å²) in [5, 5.41) is 10.2. The van der Waals surface area contributed by atoms with E-state index in [2.05, 4.69) is 0 Å². The number of rotatable bonds is 3. The average Bonchev–Trinajstić information content (AvgIpc) is 2.60. The van der Waals surface area contributed by atoms with E-state index in [1.807, 2.05) is 0 Å². The Kier molecular flexibility index (Phi) is 4.90. The van der Waals surface area contributed by atoms with Crippen LogP contribution in [0.25, 0.3) is 0 Å². The number of carbonyl (C=O) groups excluding carboxylic acids is 5. The third-order valence-electron chi connectivity index (χ3n) is 3.94.